The Morgan fingerprint density at radius 3 is 2.81 bits per heavy atom. The highest BCUT2D eigenvalue weighted by atomic mass is 16.5. The molecule has 0 saturated carbocycles. The molecule has 0 fully saturated rings. The van der Waals surface area contributed by atoms with E-state index in [-0.39, 0.29) is 6.04 Å². The highest BCUT2D eigenvalue weighted by Crippen LogP contribution is 2.27. The van der Waals surface area contributed by atoms with Gasteiger partial charge in [-0.25, -0.2) is 14.5 Å². The van der Waals surface area contributed by atoms with Gasteiger partial charge in [0.2, 0.25) is 11.7 Å². The van der Waals surface area contributed by atoms with Crippen molar-refractivity contribution in [1.82, 2.24) is 39.3 Å². The van der Waals surface area contributed by atoms with Gasteiger partial charge in [-0.2, -0.15) is 10.1 Å². The van der Waals surface area contributed by atoms with Gasteiger partial charge in [-0.1, -0.05) is 5.16 Å². The van der Waals surface area contributed by atoms with Crippen LogP contribution < -0.4 is 0 Å². The standard InChI is InChI=1S/C18H14N8O/c1-12(18-23-15(24-27-18)13-3-6-19-7-4-13)25-10-8-21-16(25)14-11-22-26-9-2-5-20-17(14)26/h2-12H,1H3. The van der Waals surface area contributed by atoms with Crippen LogP contribution in [-0.2, 0) is 0 Å². The third-order valence-corrected chi connectivity index (χ3v) is 4.34. The van der Waals surface area contributed by atoms with E-state index in [1.54, 1.807) is 35.5 Å². The fourth-order valence-electron chi connectivity index (χ4n) is 2.96. The maximum absolute atomic E-state index is 5.50. The average Bonchev–Trinajstić information content (AvgIpc) is 3.46. The number of imidazole rings is 1. The summed E-state index contributed by atoms with van der Waals surface area (Å²) in [7, 11) is 0. The molecule has 27 heavy (non-hydrogen) atoms. The molecule has 5 aromatic heterocycles. The second-order valence-electron chi connectivity index (χ2n) is 5.97. The predicted octanol–water partition coefficient (Wildman–Crippen LogP) is 2.65. The van der Waals surface area contributed by atoms with Crippen molar-refractivity contribution >= 4 is 5.65 Å². The first-order valence-electron chi connectivity index (χ1n) is 8.37. The molecule has 132 valence electrons. The first kappa shape index (κ1) is 15.4. The number of fused-ring (bicyclic) bond motifs is 1. The van der Waals surface area contributed by atoms with Crippen LogP contribution in [0.3, 0.4) is 0 Å². The Bertz CT molecular complexity index is 1210. The van der Waals surface area contributed by atoms with Gasteiger partial charge in [0.15, 0.2) is 5.65 Å². The van der Waals surface area contributed by atoms with E-state index >= 15 is 0 Å². The maximum Gasteiger partial charge on any atom is 0.249 e. The van der Waals surface area contributed by atoms with Crippen LogP contribution in [0.1, 0.15) is 18.9 Å². The summed E-state index contributed by atoms with van der Waals surface area (Å²) in [6, 6.07) is 5.31. The number of nitrogens with zero attached hydrogens (tertiary/aromatic N) is 8. The zero-order valence-corrected chi connectivity index (χ0v) is 14.3. The fraction of sp³-hybridized carbons (Fsp3) is 0.111. The molecule has 1 unspecified atom stereocenters. The van der Waals surface area contributed by atoms with Crippen molar-refractivity contribution in [3.8, 4) is 22.8 Å². The van der Waals surface area contributed by atoms with Gasteiger partial charge in [0.25, 0.3) is 0 Å². The first-order chi connectivity index (χ1) is 13.3. The van der Waals surface area contributed by atoms with E-state index in [0.29, 0.717) is 11.7 Å². The number of hydrogen-bond acceptors (Lipinski definition) is 7. The van der Waals surface area contributed by atoms with Gasteiger partial charge in [-0.05, 0) is 25.1 Å². The summed E-state index contributed by atoms with van der Waals surface area (Å²) in [4.78, 5) is 17.4. The van der Waals surface area contributed by atoms with Crippen molar-refractivity contribution in [3.05, 3.63) is 67.5 Å². The second-order valence-corrected chi connectivity index (χ2v) is 5.97. The Hall–Kier alpha value is -3.88. The zero-order valence-electron chi connectivity index (χ0n) is 14.3. The van der Waals surface area contributed by atoms with Gasteiger partial charge in [0.1, 0.15) is 11.9 Å². The molecule has 5 heterocycles. The summed E-state index contributed by atoms with van der Waals surface area (Å²) >= 11 is 0. The van der Waals surface area contributed by atoms with Crippen LogP contribution in [0.4, 0.5) is 0 Å². The van der Waals surface area contributed by atoms with Crippen molar-refractivity contribution in [2.24, 2.45) is 0 Å². The van der Waals surface area contributed by atoms with Crippen molar-refractivity contribution in [3.63, 3.8) is 0 Å². The summed E-state index contributed by atoms with van der Waals surface area (Å²) in [5.41, 5.74) is 2.42. The molecule has 0 spiro atoms. The summed E-state index contributed by atoms with van der Waals surface area (Å²) < 4.78 is 9.18. The van der Waals surface area contributed by atoms with Crippen molar-refractivity contribution in [2.75, 3.05) is 0 Å². The Labute approximate surface area is 153 Å². The second kappa shape index (κ2) is 6.13. The van der Waals surface area contributed by atoms with Crippen LogP contribution in [0.2, 0.25) is 0 Å². The molecular formula is C18H14N8O. The topological polar surface area (TPSA) is 99.8 Å². The largest absolute Gasteiger partial charge is 0.337 e. The fourth-order valence-corrected chi connectivity index (χ4v) is 2.96. The summed E-state index contributed by atoms with van der Waals surface area (Å²) in [5, 5.41) is 8.42. The minimum atomic E-state index is -0.204. The monoisotopic (exact) mass is 358 g/mol. The van der Waals surface area contributed by atoms with Gasteiger partial charge in [0, 0.05) is 42.7 Å². The van der Waals surface area contributed by atoms with E-state index in [2.05, 4.69) is 30.2 Å². The molecule has 0 saturated heterocycles. The Kier molecular flexibility index (Phi) is 3.49. The van der Waals surface area contributed by atoms with E-state index in [1.807, 2.05) is 42.1 Å². The lowest BCUT2D eigenvalue weighted by atomic mass is 10.2. The molecule has 0 aliphatic carbocycles. The van der Waals surface area contributed by atoms with Crippen LogP contribution in [-0.4, -0.2) is 39.3 Å². The summed E-state index contributed by atoms with van der Waals surface area (Å²) in [6.07, 6.45) is 12.3. The number of aromatic nitrogens is 8. The van der Waals surface area contributed by atoms with Crippen LogP contribution in [0, 0.1) is 0 Å². The molecule has 0 N–H and O–H groups in total. The van der Waals surface area contributed by atoms with Crippen LogP contribution >= 0.6 is 0 Å². The lowest BCUT2D eigenvalue weighted by Crippen LogP contribution is -2.08. The first-order valence-corrected chi connectivity index (χ1v) is 8.37. The molecule has 9 nitrogen and oxygen atoms in total. The third-order valence-electron chi connectivity index (χ3n) is 4.34. The quantitative estimate of drug-likeness (QED) is 0.487. The van der Waals surface area contributed by atoms with Crippen LogP contribution in [0.25, 0.3) is 28.4 Å². The van der Waals surface area contributed by atoms with E-state index in [4.69, 9.17) is 4.52 Å². The average molecular weight is 358 g/mol. The van der Waals surface area contributed by atoms with E-state index in [9.17, 15) is 0 Å². The summed E-state index contributed by atoms with van der Waals surface area (Å²) in [6.45, 7) is 1.98. The van der Waals surface area contributed by atoms with Gasteiger partial charge in [0.05, 0.1) is 11.8 Å². The van der Waals surface area contributed by atoms with Gasteiger partial charge in [-0.15, -0.1) is 0 Å². The lowest BCUT2D eigenvalue weighted by molar-refractivity contribution is 0.346. The van der Waals surface area contributed by atoms with Gasteiger partial charge in [-0.3, -0.25) is 4.98 Å². The van der Waals surface area contributed by atoms with Gasteiger partial charge >= 0.3 is 0 Å². The molecule has 5 rings (SSSR count). The normalized spacial score (nSPS) is 12.5. The smallest absolute Gasteiger partial charge is 0.249 e. The Morgan fingerprint density at radius 1 is 1.04 bits per heavy atom. The molecule has 0 aromatic carbocycles. The highest BCUT2D eigenvalue weighted by molar-refractivity contribution is 5.72. The highest BCUT2D eigenvalue weighted by Gasteiger charge is 2.21. The number of rotatable bonds is 4. The molecule has 5 aromatic rings. The molecule has 1 atom stereocenters. The van der Waals surface area contributed by atoms with Crippen molar-refractivity contribution < 1.29 is 4.52 Å². The zero-order chi connectivity index (χ0) is 18.2. The van der Waals surface area contributed by atoms with Crippen LogP contribution in [0.5, 0.6) is 0 Å². The third kappa shape index (κ3) is 2.56. The lowest BCUT2D eigenvalue weighted by Gasteiger charge is -2.11. The van der Waals surface area contributed by atoms with Crippen molar-refractivity contribution in [2.45, 2.75) is 13.0 Å². The molecule has 0 radical (unpaired) electrons. The SMILES string of the molecule is CC(c1nc(-c2ccncc2)no1)n1ccnc1-c1cnn2cccnc12. The molecule has 0 bridgehead atoms. The van der Waals surface area contributed by atoms with Crippen molar-refractivity contribution in [1.29, 1.82) is 0 Å². The van der Waals surface area contributed by atoms with Crippen LogP contribution in [0.15, 0.2) is 66.1 Å². The molecule has 9 heteroatoms. The maximum atomic E-state index is 5.50. The minimum Gasteiger partial charge on any atom is -0.337 e. The van der Waals surface area contributed by atoms with E-state index in [0.717, 1.165) is 22.6 Å². The molecular weight excluding hydrogens is 344 g/mol. The Balaban J connectivity index is 1.53. The minimum absolute atomic E-state index is 0.204. The van der Waals surface area contributed by atoms with E-state index < -0.39 is 0 Å². The summed E-state index contributed by atoms with van der Waals surface area (Å²) in [5.74, 6) is 1.75. The van der Waals surface area contributed by atoms with E-state index in [1.165, 1.54) is 0 Å². The number of pyridine rings is 1. The van der Waals surface area contributed by atoms with Gasteiger partial charge < -0.3 is 9.09 Å². The predicted molar refractivity (Wildman–Crippen MR) is 95.6 cm³/mol. The molecule has 0 amide bonds. The number of hydrogen-bond donors (Lipinski definition) is 0. The Morgan fingerprint density at radius 2 is 1.93 bits per heavy atom. The molecule has 0 aliphatic heterocycles. The molecule has 0 aliphatic rings.